The minimum absolute atomic E-state index is 0.0727. The number of H-pyrrole nitrogens is 1. The Kier molecular flexibility index (Phi) is 5.59. The molecule has 31 heavy (non-hydrogen) atoms. The number of nitrogens with one attached hydrogen (secondary N) is 2. The molecule has 0 saturated heterocycles. The van der Waals surface area contributed by atoms with Crippen LogP contribution >= 0.6 is 0 Å². The highest BCUT2D eigenvalue weighted by Gasteiger charge is 2.46. The van der Waals surface area contributed by atoms with Gasteiger partial charge in [0, 0.05) is 48.5 Å². The van der Waals surface area contributed by atoms with E-state index in [-0.39, 0.29) is 17.4 Å². The molecule has 2 aromatic rings. The summed E-state index contributed by atoms with van der Waals surface area (Å²) in [4.78, 5) is 31.9. The number of pyridine rings is 1. The predicted octanol–water partition coefficient (Wildman–Crippen LogP) is 4.18. The molecule has 0 fully saturated rings. The van der Waals surface area contributed by atoms with Gasteiger partial charge in [-0.05, 0) is 55.7 Å². The average molecular weight is 414 g/mol. The number of amides is 1. The van der Waals surface area contributed by atoms with Gasteiger partial charge in [-0.1, -0.05) is 35.9 Å². The zero-order valence-corrected chi connectivity index (χ0v) is 18.1. The maximum atomic E-state index is 11.9. The fraction of sp³-hybridized carbons (Fsp3) is 0.269. The van der Waals surface area contributed by atoms with Crippen LogP contribution in [0.15, 0.2) is 75.6 Å². The number of allylic oxidation sites excluding steroid dienone is 3. The Balaban J connectivity index is 1.71. The van der Waals surface area contributed by atoms with Crippen molar-refractivity contribution in [1.82, 2.24) is 10.3 Å². The van der Waals surface area contributed by atoms with Crippen LogP contribution < -0.4 is 10.9 Å². The van der Waals surface area contributed by atoms with Crippen molar-refractivity contribution in [2.24, 2.45) is 10.9 Å². The largest absolute Gasteiger partial charge is 0.355 e. The molecule has 2 aliphatic rings. The summed E-state index contributed by atoms with van der Waals surface area (Å²) in [5, 5.41) is 2.64. The van der Waals surface area contributed by atoms with Gasteiger partial charge in [0.05, 0.1) is 0 Å². The normalized spacial score (nSPS) is 23.8. The highest BCUT2D eigenvalue weighted by Crippen LogP contribution is 2.51. The van der Waals surface area contributed by atoms with E-state index >= 15 is 0 Å². The maximum Gasteiger partial charge on any atom is 0.251 e. The van der Waals surface area contributed by atoms with Gasteiger partial charge in [0.2, 0.25) is 5.56 Å². The number of aromatic nitrogens is 1. The van der Waals surface area contributed by atoms with Gasteiger partial charge in [-0.25, -0.2) is 0 Å². The van der Waals surface area contributed by atoms with Gasteiger partial charge in [0.25, 0.3) is 5.91 Å². The molecule has 158 valence electrons. The van der Waals surface area contributed by atoms with Gasteiger partial charge < -0.3 is 10.3 Å². The number of benzene rings is 1. The first-order valence-electron chi connectivity index (χ1n) is 10.6. The highest BCUT2D eigenvalue weighted by molar-refractivity contribution is 5.94. The molecule has 1 heterocycles. The molecule has 4 rings (SSSR count). The number of fused-ring (bicyclic) bond motifs is 4. The van der Waals surface area contributed by atoms with E-state index in [0.29, 0.717) is 5.56 Å². The van der Waals surface area contributed by atoms with Crippen LogP contribution in [0.25, 0.3) is 6.08 Å². The molecule has 5 nitrogen and oxygen atoms in total. The number of carbonyl (C=O) groups is 1. The third-order valence-electron chi connectivity index (χ3n) is 6.12. The van der Waals surface area contributed by atoms with Crippen LogP contribution in [-0.4, -0.2) is 24.2 Å². The number of hydrogen-bond acceptors (Lipinski definition) is 3. The van der Waals surface area contributed by atoms with Crippen molar-refractivity contribution in [3.8, 4) is 0 Å². The van der Waals surface area contributed by atoms with Gasteiger partial charge in [-0.15, -0.1) is 0 Å². The Morgan fingerprint density at radius 2 is 2.13 bits per heavy atom. The Hall–Kier alpha value is -3.47. The Labute approximate surface area is 182 Å². The first-order chi connectivity index (χ1) is 15.0. The topological polar surface area (TPSA) is 74.3 Å². The second-order valence-corrected chi connectivity index (χ2v) is 8.16. The van der Waals surface area contributed by atoms with E-state index in [2.05, 4.69) is 36.3 Å². The van der Waals surface area contributed by atoms with Crippen LogP contribution in [0.3, 0.4) is 0 Å². The van der Waals surface area contributed by atoms with Crippen molar-refractivity contribution >= 4 is 18.2 Å². The van der Waals surface area contributed by atoms with E-state index in [1.807, 2.05) is 42.6 Å². The van der Waals surface area contributed by atoms with Crippen LogP contribution in [0.5, 0.6) is 0 Å². The lowest BCUT2D eigenvalue weighted by Crippen LogP contribution is -2.40. The molecular formula is C26H27N3O2. The molecule has 1 aromatic heterocycles. The van der Waals surface area contributed by atoms with Crippen molar-refractivity contribution in [1.29, 1.82) is 0 Å². The second kappa shape index (κ2) is 8.34. The summed E-state index contributed by atoms with van der Waals surface area (Å²) in [5.41, 5.74) is 5.64. The minimum Gasteiger partial charge on any atom is -0.355 e. The molecule has 5 heteroatoms. The lowest BCUT2D eigenvalue weighted by Gasteiger charge is -2.45. The Morgan fingerprint density at radius 1 is 1.29 bits per heavy atom. The molecule has 0 saturated carbocycles. The summed E-state index contributed by atoms with van der Waals surface area (Å²) in [6, 6.07) is 11.0. The number of nitrogens with zero attached hydrogens (tertiary/aromatic N) is 1. The van der Waals surface area contributed by atoms with Gasteiger partial charge in [-0.3, -0.25) is 14.6 Å². The molecule has 0 radical (unpaired) electrons. The minimum atomic E-state index is -0.496. The van der Waals surface area contributed by atoms with E-state index in [9.17, 15) is 9.59 Å². The molecule has 0 unspecified atom stereocenters. The third-order valence-corrected chi connectivity index (χ3v) is 6.12. The number of aromatic amines is 1. The highest BCUT2D eigenvalue weighted by atomic mass is 16.1. The van der Waals surface area contributed by atoms with Crippen molar-refractivity contribution in [3.05, 3.63) is 98.5 Å². The summed E-state index contributed by atoms with van der Waals surface area (Å²) >= 11 is 0. The number of carbonyl (C=O) groups excluding carboxylic acids is 1. The Bertz CT molecular complexity index is 1200. The molecule has 0 aliphatic heterocycles. The van der Waals surface area contributed by atoms with Gasteiger partial charge in [-0.2, -0.15) is 0 Å². The van der Waals surface area contributed by atoms with E-state index in [0.717, 1.165) is 29.7 Å². The predicted molar refractivity (Wildman–Crippen MR) is 125 cm³/mol. The molecular weight excluding hydrogens is 386 g/mol. The number of hydrogen-bond donors (Lipinski definition) is 2. The van der Waals surface area contributed by atoms with Crippen LogP contribution in [0.2, 0.25) is 0 Å². The lowest BCUT2D eigenvalue weighted by molar-refractivity contribution is 0.0963. The molecule has 2 aliphatic carbocycles. The monoisotopic (exact) mass is 413 g/mol. The second-order valence-electron chi connectivity index (χ2n) is 8.16. The summed E-state index contributed by atoms with van der Waals surface area (Å²) < 4.78 is 0. The molecule has 0 spiro atoms. The standard InChI is InChI=1S/C26H27N3O2/c1-4-21-20-13-17(2)16-26(21,22-10-11-24(30)29-23(22)15-20)28-12-6-8-18-7-5-9-19(14-18)25(31)27-3/h4-14,20H,15-16H2,1-3H3,(H,27,31)(H,29,30)/b8-6+,21-4+,28-12?/t20-,26+/m0/s1. The smallest absolute Gasteiger partial charge is 0.251 e. The third kappa shape index (κ3) is 3.83. The molecule has 2 atom stereocenters. The van der Waals surface area contributed by atoms with Gasteiger partial charge >= 0.3 is 0 Å². The average Bonchev–Trinajstić information content (AvgIpc) is 2.75. The van der Waals surface area contributed by atoms with E-state index in [1.165, 1.54) is 11.1 Å². The SMILES string of the molecule is C/C=C1\[C@H]2C=C(C)C[C@]1(N=C/C=C/c1cccc(C(=O)NC)c1)c1ccc(=O)[nH]c1C2. The van der Waals surface area contributed by atoms with Crippen molar-refractivity contribution in [3.63, 3.8) is 0 Å². The fourth-order valence-electron chi connectivity index (χ4n) is 4.90. The summed E-state index contributed by atoms with van der Waals surface area (Å²) in [6.45, 7) is 4.22. The quantitative estimate of drug-likeness (QED) is 0.583. The molecule has 1 aromatic carbocycles. The first kappa shape index (κ1) is 20.8. The van der Waals surface area contributed by atoms with E-state index in [1.54, 1.807) is 19.2 Å². The van der Waals surface area contributed by atoms with Crippen LogP contribution in [0.1, 0.15) is 47.4 Å². The van der Waals surface area contributed by atoms with Crippen molar-refractivity contribution < 1.29 is 4.79 Å². The zero-order chi connectivity index (χ0) is 22.0. The molecule has 2 N–H and O–H groups in total. The van der Waals surface area contributed by atoms with Crippen LogP contribution in [-0.2, 0) is 12.0 Å². The summed E-state index contributed by atoms with van der Waals surface area (Å²) in [6.07, 6.45) is 11.8. The summed E-state index contributed by atoms with van der Waals surface area (Å²) in [7, 11) is 1.62. The molecule has 1 amide bonds. The van der Waals surface area contributed by atoms with Crippen molar-refractivity contribution in [2.45, 2.75) is 32.2 Å². The summed E-state index contributed by atoms with van der Waals surface area (Å²) in [5.74, 6) is 0.138. The van der Waals surface area contributed by atoms with Crippen LogP contribution in [0.4, 0.5) is 0 Å². The number of rotatable bonds is 4. The lowest BCUT2D eigenvalue weighted by atomic mass is 9.63. The fourth-order valence-corrected chi connectivity index (χ4v) is 4.90. The Morgan fingerprint density at radius 3 is 2.90 bits per heavy atom. The first-order valence-corrected chi connectivity index (χ1v) is 10.6. The maximum absolute atomic E-state index is 11.9. The van der Waals surface area contributed by atoms with E-state index < -0.39 is 5.54 Å². The zero-order valence-electron chi connectivity index (χ0n) is 18.1. The van der Waals surface area contributed by atoms with Crippen molar-refractivity contribution in [2.75, 3.05) is 7.05 Å². The van der Waals surface area contributed by atoms with Gasteiger partial charge in [0.15, 0.2) is 0 Å². The van der Waals surface area contributed by atoms with E-state index in [4.69, 9.17) is 4.99 Å². The number of aliphatic imine (C=N–C) groups is 1. The molecule has 2 bridgehead atoms. The van der Waals surface area contributed by atoms with Crippen LogP contribution in [0, 0.1) is 5.92 Å². The van der Waals surface area contributed by atoms with Gasteiger partial charge in [0.1, 0.15) is 5.54 Å².